The number of amides is 1. The largest absolute Gasteiger partial charge is 0.312 e. The van der Waals surface area contributed by atoms with Gasteiger partial charge in [-0.05, 0) is 36.2 Å². The highest BCUT2D eigenvalue weighted by Gasteiger charge is 2.34. The summed E-state index contributed by atoms with van der Waals surface area (Å²) in [7, 11) is 0. The molecule has 1 aromatic rings. The fourth-order valence-corrected chi connectivity index (χ4v) is 2.18. The fourth-order valence-electron chi connectivity index (χ4n) is 1.86. The number of anilines is 1. The smallest absolute Gasteiger partial charge is 0.227 e. The summed E-state index contributed by atoms with van der Waals surface area (Å²) >= 11 is 11.4. The summed E-state index contributed by atoms with van der Waals surface area (Å²) < 4.78 is 0. The van der Waals surface area contributed by atoms with Crippen LogP contribution in [0.3, 0.4) is 0 Å². The summed E-state index contributed by atoms with van der Waals surface area (Å²) in [6.45, 7) is 2.23. The second-order valence-corrected chi connectivity index (χ2v) is 4.92. The van der Waals surface area contributed by atoms with E-state index in [1.54, 1.807) is 11.0 Å². The van der Waals surface area contributed by atoms with Crippen molar-refractivity contribution in [3.63, 3.8) is 0 Å². The first-order valence-corrected chi connectivity index (χ1v) is 6.00. The molecule has 1 heterocycles. The lowest BCUT2D eigenvalue weighted by Crippen LogP contribution is -2.25. The topological polar surface area (TPSA) is 37.4 Å². The minimum Gasteiger partial charge on any atom is -0.312 e. The molecule has 1 amide bonds. The fraction of sp³-hybridized carbons (Fsp3) is 0.333. The minimum absolute atomic E-state index is 0.0936. The van der Waals surface area contributed by atoms with Gasteiger partial charge in [-0.15, -0.1) is 0 Å². The summed E-state index contributed by atoms with van der Waals surface area (Å²) in [5, 5.41) is 0.148. The Balaban J connectivity index is 2.26. The van der Waals surface area contributed by atoms with Crippen LogP contribution in [0.1, 0.15) is 12.0 Å². The highest BCUT2D eigenvalue weighted by Crippen LogP contribution is 2.29. The van der Waals surface area contributed by atoms with Crippen LogP contribution in [0.15, 0.2) is 18.2 Å². The molecule has 0 saturated carbocycles. The lowest BCUT2D eigenvalue weighted by molar-refractivity contribution is -0.120. The second kappa shape index (κ2) is 4.67. The molecule has 0 spiro atoms. The van der Waals surface area contributed by atoms with E-state index in [4.69, 9.17) is 23.2 Å². The molecule has 5 heteroatoms. The van der Waals surface area contributed by atoms with Crippen LogP contribution < -0.4 is 4.90 Å². The van der Waals surface area contributed by atoms with E-state index in [-0.39, 0.29) is 12.3 Å². The van der Waals surface area contributed by atoms with Gasteiger partial charge >= 0.3 is 0 Å². The van der Waals surface area contributed by atoms with E-state index < -0.39 is 11.2 Å². The van der Waals surface area contributed by atoms with Crippen LogP contribution in [0.2, 0.25) is 5.02 Å². The maximum atomic E-state index is 11.8. The molecular formula is C12H11Cl2NO2. The first kappa shape index (κ1) is 12.4. The average molecular weight is 272 g/mol. The molecule has 1 atom stereocenters. The number of carbonyl (C=O) groups excluding carboxylic acids is 2. The van der Waals surface area contributed by atoms with Gasteiger partial charge in [-0.3, -0.25) is 9.59 Å². The normalized spacial score (nSPS) is 19.8. The van der Waals surface area contributed by atoms with Crippen molar-refractivity contribution in [3.8, 4) is 0 Å². The summed E-state index contributed by atoms with van der Waals surface area (Å²) in [6.07, 6.45) is 0.174. The average Bonchev–Trinajstić information content (AvgIpc) is 2.65. The minimum atomic E-state index is -0.459. The van der Waals surface area contributed by atoms with Crippen LogP contribution in [0.5, 0.6) is 0 Å². The lowest BCUT2D eigenvalue weighted by Gasteiger charge is -2.16. The van der Waals surface area contributed by atoms with Gasteiger partial charge in [0.25, 0.3) is 0 Å². The number of hydrogen-bond donors (Lipinski definition) is 0. The Bertz CT molecular complexity index is 487. The summed E-state index contributed by atoms with van der Waals surface area (Å²) in [4.78, 5) is 24.4. The molecule has 0 aliphatic carbocycles. The van der Waals surface area contributed by atoms with Gasteiger partial charge in [0, 0.05) is 23.7 Å². The van der Waals surface area contributed by atoms with Crippen molar-refractivity contribution in [1.29, 1.82) is 0 Å². The Morgan fingerprint density at radius 1 is 1.47 bits per heavy atom. The molecule has 2 rings (SSSR count). The summed E-state index contributed by atoms with van der Waals surface area (Å²) in [6, 6.07) is 5.40. The molecule has 0 unspecified atom stereocenters. The molecule has 1 aliphatic heterocycles. The van der Waals surface area contributed by atoms with Crippen molar-refractivity contribution in [1.82, 2.24) is 0 Å². The number of nitrogens with zero attached hydrogens (tertiary/aromatic N) is 1. The molecule has 17 heavy (non-hydrogen) atoms. The molecule has 0 radical (unpaired) electrons. The number of hydrogen-bond acceptors (Lipinski definition) is 2. The lowest BCUT2D eigenvalue weighted by atomic mass is 10.1. The third-order valence-electron chi connectivity index (χ3n) is 2.91. The quantitative estimate of drug-likeness (QED) is 0.776. The molecule has 1 fully saturated rings. The zero-order valence-electron chi connectivity index (χ0n) is 9.24. The van der Waals surface area contributed by atoms with Crippen LogP contribution in [0.25, 0.3) is 0 Å². The maximum absolute atomic E-state index is 11.8. The number of aryl methyl sites for hydroxylation is 1. The number of rotatable bonds is 2. The van der Waals surface area contributed by atoms with Crippen LogP contribution in [-0.2, 0) is 9.59 Å². The number of halogens is 2. The zero-order valence-corrected chi connectivity index (χ0v) is 10.8. The van der Waals surface area contributed by atoms with Gasteiger partial charge < -0.3 is 4.90 Å². The van der Waals surface area contributed by atoms with E-state index in [0.29, 0.717) is 17.3 Å². The molecule has 1 aliphatic rings. The molecule has 1 aromatic carbocycles. The Kier molecular flexibility index (Phi) is 3.40. The molecule has 3 nitrogen and oxygen atoms in total. The summed E-state index contributed by atoms with van der Waals surface area (Å²) in [5.41, 5.74) is 1.66. The standard InChI is InChI=1S/C12H11Cl2NO2/c1-7-2-3-9(5-10(7)13)15-6-8(12(14)17)4-11(15)16/h2-3,5,8H,4,6H2,1H3/t8-/m1/s1. The van der Waals surface area contributed by atoms with Gasteiger partial charge in [0.15, 0.2) is 0 Å². The number of carbonyl (C=O) groups is 2. The molecule has 90 valence electrons. The van der Waals surface area contributed by atoms with E-state index in [2.05, 4.69) is 0 Å². The van der Waals surface area contributed by atoms with Gasteiger partial charge in [-0.1, -0.05) is 17.7 Å². The second-order valence-electron chi connectivity index (χ2n) is 4.14. The van der Waals surface area contributed by atoms with Crippen LogP contribution in [0.4, 0.5) is 5.69 Å². The predicted octanol–water partition coefficient (Wildman–Crippen LogP) is 2.77. The van der Waals surface area contributed by atoms with Crippen LogP contribution in [0, 0.1) is 12.8 Å². The van der Waals surface area contributed by atoms with E-state index in [1.165, 1.54) is 0 Å². The zero-order chi connectivity index (χ0) is 12.6. The van der Waals surface area contributed by atoms with Gasteiger partial charge in [-0.2, -0.15) is 0 Å². The van der Waals surface area contributed by atoms with Crippen molar-refractivity contribution in [2.24, 2.45) is 5.92 Å². The van der Waals surface area contributed by atoms with Gasteiger partial charge in [0.2, 0.25) is 11.1 Å². The Morgan fingerprint density at radius 3 is 2.71 bits per heavy atom. The molecule has 1 saturated heterocycles. The van der Waals surface area contributed by atoms with Crippen molar-refractivity contribution < 1.29 is 9.59 Å². The third kappa shape index (κ3) is 2.45. The Morgan fingerprint density at radius 2 is 2.18 bits per heavy atom. The molecule has 0 bridgehead atoms. The van der Waals surface area contributed by atoms with E-state index >= 15 is 0 Å². The van der Waals surface area contributed by atoms with Crippen molar-refractivity contribution in [2.45, 2.75) is 13.3 Å². The van der Waals surface area contributed by atoms with Crippen molar-refractivity contribution in [3.05, 3.63) is 28.8 Å². The first-order chi connectivity index (χ1) is 7.99. The molecule has 0 aromatic heterocycles. The van der Waals surface area contributed by atoms with Crippen molar-refractivity contribution >= 4 is 40.0 Å². The maximum Gasteiger partial charge on any atom is 0.227 e. The highest BCUT2D eigenvalue weighted by atomic mass is 35.5. The van der Waals surface area contributed by atoms with Crippen molar-refractivity contribution in [2.75, 3.05) is 11.4 Å². The summed E-state index contributed by atoms with van der Waals surface area (Å²) in [5.74, 6) is -0.506. The van der Waals surface area contributed by atoms with Gasteiger partial charge in [0.1, 0.15) is 0 Å². The third-order valence-corrected chi connectivity index (χ3v) is 3.63. The first-order valence-electron chi connectivity index (χ1n) is 5.25. The Hall–Kier alpha value is -1.06. The SMILES string of the molecule is Cc1ccc(N2C[C@H](C(=O)Cl)CC2=O)cc1Cl. The van der Waals surface area contributed by atoms with E-state index in [1.807, 2.05) is 19.1 Å². The molecule has 0 N–H and O–H groups in total. The molecular weight excluding hydrogens is 261 g/mol. The highest BCUT2D eigenvalue weighted by molar-refractivity contribution is 6.64. The predicted molar refractivity (Wildman–Crippen MR) is 67.5 cm³/mol. The van der Waals surface area contributed by atoms with Crippen LogP contribution in [-0.4, -0.2) is 17.7 Å². The van der Waals surface area contributed by atoms with Gasteiger partial charge in [-0.25, -0.2) is 0 Å². The van der Waals surface area contributed by atoms with Crippen LogP contribution >= 0.6 is 23.2 Å². The van der Waals surface area contributed by atoms with Gasteiger partial charge in [0.05, 0.1) is 5.92 Å². The number of benzene rings is 1. The van der Waals surface area contributed by atoms with E-state index in [0.717, 1.165) is 5.56 Å². The Labute approximate surface area is 109 Å². The monoisotopic (exact) mass is 271 g/mol. The van der Waals surface area contributed by atoms with E-state index in [9.17, 15) is 9.59 Å².